The lowest BCUT2D eigenvalue weighted by atomic mass is 10.2. The molecular formula is C13H8BrClF3N3. The van der Waals surface area contributed by atoms with Crippen LogP contribution in [0.5, 0.6) is 0 Å². The Morgan fingerprint density at radius 2 is 2.00 bits per heavy atom. The van der Waals surface area contributed by atoms with Crippen LogP contribution in [0.3, 0.4) is 0 Å². The Bertz CT molecular complexity index is 674. The van der Waals surface area contributed by atoms with Gasteiger partial charge in [-0.2, -0.15) is 18.3 Å². The number of halogens is 5. The van der Waals surface area contributed by atoms with Crippen LogP contribution in [0.4, 0.5) is 19.0 Å². The second-order valence-electron chi connectivity index (χ2n) is 3.94. The van der Waals surface area contributed by atoms with Gasteiger partial charge in [-0.15, -0.1) is 0 Å². The van der Waals surface area contributed by atoms with Crippen LogP contribution >= 0.6 is 27.5 Å². The van der Waals surface area contributed by atoms with Crippen molar-refractivity contribution in [1.29, 1.82) is 0 Å². The number of alkyl halides is 3. The van der Waals surface area contributed by atoms with Crippen LogP contribution in [0, 0.1) is 0 Å². The van der Waals surface area contributed by atoms with Gasteiger partial charge in [-0.25, -0.2) is 4.98 Å². The Labute approximate surface area is 132 Å². The normalized spacial score (nSPS) is 11.9. The third kappa shape index (κ3) is 4.18. The first kappa shape index (κ1) is 15.8. The number of benzene rings is 1. The molecule has 0 amide bonds. The zero-order valence-electron chi connectivity index (χ0n) is 10.3. The molecule has 0 bridgehead atoms. The molecule has 2 rings (SSSR count). The van der Waals surface area contributed by atoms with Crippen molar-refractivity contribution in [3.63, 3.8) is 0 Å². The van der Waals surface area contributed by atoms with Gasteiger partial charge in [-0.05, 0) is 12.1 Å². The van der Waals surface area contributed by atoms with Crippen LogP contribution in [0.1, 0.15) is 11.1 Å². The number of nitrogens with one attached hydrogen (secondary N) is 1. The summed E-state index contributed by atoms with van der Waals surface area (Å²) in [5.41, 5.74) is 2.40. The van der Waals surface area contributed by atoms with Gasteiger partial charge in [0.2, 0.25) is 0 Å². The highest BCUT2D eigenvalue weighted by molar-refractivity contribution is 9.10. The average molecular weight is 379 g/mol. The van der Waals surface area contributed by atoms with E-state index in [0.717, 1.165) is 16.1 Å². The van der Waals surface area contributed by atoms with Gasteiger partial charge in [0.25, 0.3) is 0 Å². The summed E-state index contributed by atoms with van der Waals surface area (Å²) in [6, 6.07) is 8.13. The molecule has 3 nitrogen and oxygen atoms in total. The Kier molecular flexibility index (Phi) is 4.84. The van der Waals surface area contributed by atoms with E-state index in [-0.39, 0.29) is 10.8 Å². The molecule has 1 aromatic heterocycles. The minimum atomic E-state index is -4.48. The number of rotatable bonds is 3. The molecular weight excluding hydrogens is 371 g/mol. The highest BCUT2D eigenvalue weighted by Gasteiger charge is 2.31. The van der Waals surface area contributed by atoms with E-state index in [2.05, 4.69) is 31.4 Å². The highest BCUT2D eigenvalue weighted by atomic mass is 79.9. The maximum absolute atomic E-state index is 12.5. The van der Waals surface area contributed by atoms with Crippen molar-refractivity contribution in [1.82, 2.24) is 4.98 Å². The van der Waals surface area contributed by atoms with Gasteiger partial charge in [0.15, 0.2) is 5.82 Å². The molecule has 0 fully saturated rings. The van der Waals surface area contributed by atoms with Crippen molar-refractivity contribution in [3.8, 4) is 0 Å². The molecule has 0 unspecified atom stereocenters. The summed E-state index contributed by atoms with van der Waals surface area (Å²) >= 11 is 9.08. The van der Waals surface area contributed by atoms with Gasteiger partial charge in [-0.1, -0.05) is 45.7 Å². The number of hydrazone groups is 1. The van der Waals surface area contributed by atoms with Crippen molar-refractivity contribution >= 4 is 39.6 Å². The van der Waals surface area contributed by atoms with E-state index >= 15 is 0 Å². The third-order valence-corrected chi connectivity index (χ3v) is 3.46. The number of aromatic nitrogens is 1. The van der Waals surface area contributed by atoms with Gasteiger partial charge in [0, 0.05) is 16.2 Å². The van der Waals surface area contributed by atoms with E-state index < -0.39 is 11.7 Å². The van der Waals surface area contributed by atoms with Crippen molar-refractivity contribution in [3.05, 3.63) is 57.2 Å². The van der Waals surface area contributed by atoms with Crippen molar-refractivity contribution in [2.45, 2.75) is 6.18 Å². The fraction of sp³-hybridized carbons (Fsp3) is 0.0769. The summed E-state index contributed by atoms with van der Waals surface area (Å²) in [5, 5.41) is 3.73. The quantitative estimate of drug-likeness (QED) is 0.605. The summed E-state index contributed by atoms with van der Waals surface area (Å²) in [6.45, 7) is 0. The highest BCUT2D eigenvalue weighted by Crippen LogP contribution is 2.32. The summed E-state index contributed by atoms with van der Waals surface area (Å²) < 4.78 is 38.2. The fourth-order valence-electron chi connectivity index (χ4n) is 1.42. The van der Waals surface area contributed by atoms with Crippen LogP contribution in [0.15, 0.2) is 46.1 Å². The summed E-state index contributed by atoms with van der Waals surface area (Å²) in [7, 11) is 0. The van der Waals surface area contributed by atoms with Crippen molar-refractivity contribution < 1.29 is 13.2 Å². The molecule has 0 spiro atoms. The van der Waals surface area contributed by atoms with Gasteiger partial charge in [0.05, 0.1) is 16.8 Å². The molecule has 2 aromatic rings. The fourth-order valence-corrected chi connectivity index (χ4v) is 2.01. The third-order valence-electron chi connectivity index (χ3n) is 2.45. The zero-order valence-corrected chi connectivity index (χ0v) is 12.7. The standard InChI is InChI=1S/C13H8BrClF3N3/c14-10-4-2-1-3-8(10)6-20-21-12-11(15)5-9(7-19-12)13(16,17)18/h1-7H,(H,19,21). The predicted octanol–water partition coefficient (Wildman–Crippen LogP) is 4.96. The van der Waals surface area contributed by atoms with Crippen molar-refractivity contribution in [2.75, 3.05) is 5.43 Å². The molecule has 0 atom stereocenters. The summed E-state index contributed by atoms with van der Waals surface area (Å²) in [4.78, 5) is 3.61. The Balaban J connectivity index is 2.12. The van der Waals surface area contributed by atoms with Crippen LogP contribution in [-0.2, 0) is 6.18 Å². The zero-order chi connectivity index (χ0) is 15.5. The molecule has 110 valence electrons. The molecule has 8 heteroatoms. The molecule has 21 heavy (non-hydrogen) atoms. The summed E-state index contributed by atoms with van der Waals surface area (Å²) in [5.74, 6) is 0.0490. The maximum atomic E-state index is 12.5. The minimum Gasteiger partial charge on any atom is -0.260 e. The molecule has 0 aliphatic heterocycles. The Morgan fingerprint density at radius 3 is 2.62 bits per heavy atom. The lowest BCUT2D eigenvalue weighted by Gasteiger charge is -2.08. The van der Waals surface area contributed by atoms with E-state index in [9.17, 15) is 13.2 Å². The Hall–Kier alpha value is -1.60. The monoisotopic (exact) mass is 377 g/mol. The second-order valence-corrected chi connectivity index (χ2v) is 5.21. The van der Waals surface area contributed by atoms with E-state index in [1.54, 1.807) is 0 Å². The number of hydrogen-bond acceptors (Lipinski definition) is 3. The topological polar surface area (TPSA) is 37.3 Å². The summed E-state index contributed by atoms with van der Waals surface area (Å²) in [6.07, 6.45) is -2.28. The largest absolute Gasteiger partial charge is 0.417 e. The molecule has 1 aromatic carbocycles. The first-order chi connectivity index (χ1) is 9.88. The average Bonchev–Trinajstić information content (AvgIpc) is 2.41. The first-order valence-electron chi connectivity index (χ1n) is 5.64. The maximum Gasteiger partial charge on any atom is 0.417 e. The van der Waals surface area contributed by atoms with Crippen LogP contribution in [0.2, 0.25) is 5.02 Å². The number of pyridine rings is 1. The van der Waals surface area contributed by atoms with Crippen LogP contribution < -0.4 is 5.43 Å². The van der Waals surface area contributed by atoms with E-state index in [1.165, 1.54) is 6.21 Å². The second kappa shape index (κ2) is 6.44. The molecule has 1 N–H and O–H groups in total. The number of anilines is 1. The van der Waals surface area contributed by atoms with Crippen molar-refractivity contribution in [2.24, 2.45) is 5.10 Å². The Morgan fingerprint density at radius 1 is 1.29 bits per heavy atom. The smallest absolute Gasteiger partial charge is 0.260 e. The van der Waals surface area contributed by atoms with E-state index in [1.807, 2.05) is 24.3 Å². The number of hydrogen-bond donors (Lipinski definition) is 1. The lowest BCUT2D eigenvalue weighted by Crippen LogP contribution is -2.06. The van der Waals surface area contributed by atoms with E-state index in [4.69, 9.17) is 11.6 Å². The van der Waals surface area contributed by atoms with Gasteiger partial charge >= 0.3 is 6.18 Å². The molecule has 0 aliphatic rings. The van der Waals surface area contributed by atoms with Gasteiger partial charge < -0.3 is 0 Å². The minimum absolute atomic E-state index is 0.0490. The van der Waals surface area contributed by atoms with Gasteiger partial charge in [0.1, 0.15) is 0 Å². The first-order valence-corrected chi connectivity index (χ1v) is 6.81. The molecule has 0 saturated carbocycles. The van der Waals surface area contributed by atoms with Gasteiger partial charge in [-0.3, -0.25) is 5.43 Å². The number of nitrogens with zero attached hydrogens (tertiary/aromatic N) is 2. The molecule has 0 saturated heterocycles. The predicted molar refractivity (Wildman–Crippen MR) is 79.6 cm³/mol. The SMILES string of the molecule is FC(F)(F)c1cnc(NN=Cc2ccccc2Br)c(Cl)c1. The van der Waals surface area contributed by atoms with Crippen LogP contribution in [0.25, 0.3) is 0 Å². The molecule has 0 aliphatic carbocycles. The molecule has 1 heterocycles. The lowest BCUT2D eigenvalue weighted by molar-refractivity contribution is -0.137. The molecule has 0 radical (unpaired) electrons. The van der Waals surface area contributed by atoms with Crippen LogP contribution in [-0.4, -0.2) is 11.2 Å². The van der Waals surface area contributed by atoms with E-state index in [0.29, 0.717) is 6.20 Å².